The Hall–Kier alpha value is -1.04. The molecule has 2 rings (SSSR count). The lowest BCUT2D eigenvalue weighted by Gasteiger charge is -2.35. The third-order valence-corrected chi connectivity index (χ3v) is 5.87. The van der Waals surface area contributed by atoms with Crippen LogP contribution in [0.3, 0.4) is 0 Å². The van der Waals surface area contributed by atoms with Gasteiger partial charge in [0, 0.05) is 13.1 Å². The lowest BCUT2D eigenvalue weighted by molar-refractivity contribution is -0.121. The van der Waals surface area contributed by atoms with Gasteiger partial charge in [0.1, 0.15) is 5.82 Å². The highest BCUT2D eigenvalue weighted by Crippen LogP contribution is 2.30. The number of rotatable bonds is 4. The summed E-state index contributed by atoms with van der Waals surface area (Å²) in [4.78, 5) is 12.4. The second-order valence-corrected chi connectivity index (χ2v) is 7.54. The van der Waals surface area contributed by atoms with Crippen LogP contribution in [0.15, 0.2) is 5.16 Å². The Labute approximate surface area is 131 Å². The summed E-state index contributed by atoms with van der Waals surface area (Å²) in [5.41, 5.74) is 0. The molecule has 1 saturated carbocycles. The number of carbonyl (C=O) groups excluding carboxylic acids is 1. The lowest BCUT2D eigenvalue weighted by Crippen LogP contribution is -2.46. The summed E-state index contributed by atoms with van der Waals surface area (Å²) in [6.45, 7) is 8.37. The molecular weight excluding hydrogens is 284 g/mol. The lowest BCUT2D eigenvalue weighted by atomic mass is 9.78. The summed E-state index contributed by atoms with van der Waals surface area (Å²) in [6.07, 6.45) is 3.58. The van der Waals surface area contributed by atoms with Gasteiger partial charge in [0.25, 0.3) is 0 Å². The summed E-state index contributed by atoms with van der Waals surface area (Å²) in [6, 6.07) is 0.311. The van der Waals surface area contributed by atoms with Gasteiger partial charge in [-0.25, -0.2) is 0 Å². The van der Waals surface area contributed by atoms with Crippen LogP contribution in [0.25, 0.3) is 0 Å². The molecule has 6 heteroatoms. The van der Waals surface area contributed by atoms with E-state index in [-0.39, 0.29) is 11.2 Å². The molecule has 0 radical (unpaired) electrons. The maximum atomic E-state index is 12.4. The second-order valence-electron chi connectivity index (χ2n) is 6.23. The number of aryl methyl sites for hydroxylation is 1. The molecule has 0 aromatic carbocycles. The molecule has 0 spiro atoms. The zero-order valence-electron chi connectivity index (χ0n) is 13.6. The van der Waals surface area contributed by atoms with Crippen LogP contribution in [-0.2, 0) is 11.8 Å². The van der Waals surface area contributed by atoms with E-state index in [1.807, 2.05) is 25.5 Å². The molecule has 0 saturated heterocycles. The topological polar surface area (TPSA) is 59.8 Å². The van der Waals surface area contributed by atoms with Crippen LogP contribution in [-0.4, -0.2) is 32.0 Å². The molecular formula is C15H26N4OS. The Morgan fingerprint density at radius 3 is 2.71 bits per heavy atom. The minimum atomic E-state index is -0.156. The number of hydrogen-bond donors (Lipinski definition) is 1. The highest BCUT2D eigenvalue weighted by molar-refractivity contribution is 8.00. The number of nitrogens with zero attached hydrogens (tertiary/aromatic N) is 3. The summed E-state index contributed by atoms with van der Waals surface area (Å²) in [7, 11) is 1.92. The first-order valence-electron chi connectivity index (χ1n) is 7.73. The molecule has 0 aliphatic heterocycles. The molecule has 4 atom stereocenters. The van der Waals surface area contributed by atoms with Crippen molar-refractivity contribution in [3.8, 4) is 0 Å². The zero-order valence-corrected chi connectivity index (χ0v) is 14.4. The van der Waals surface area contributed by atoms with Crippen molar-refractivity contribution in [3.63, 3.8) is 0 Å². The van der Waals surface area contributed by atoms with Crippen molar-refractivity contribution in [3.05, 3.63) is 5.82 Å². The third-order valence-electron chi connectivity index (χ3n) is 4.74. The average Bonchev–Trinajstić information content (AvgIpc) is 2.75. The Morgan fingerprint density at radius 2 is 2.10 bits per heavy atom. The van der Waals surface area contributed by atoms with E-state index >= 15 is 0 Å². The number of thioether (sulfide) groups is 1. The largest absolute Gasteiger partial charge is 0.352 e. The van der Waals surface area contributed by atoms with Crippen LogP contribution in [0.5, 0.6) is 0 Å². The maximum Gasteiger partial charge on any atom is 0.233 e. The van der Waals surface area contributed by atoms with Gasteiger partial charge in [-0.2, -0.15) is 0 Å². The first-order chi connectivity index (χ1) is 9.90. The van der Waals surface area contributed by atoms with Crippen LogP contribution >= 0.6 is 11.8 Å². The fourth-order valence-corrected chi connectivity index (χ4v) is 3.66. The van der Waals surface area contributed by atoms with Gasteiger partial charge < -0.3 is 9.88 Å². The second kappa shape index (κ2) is 6.81. The van der Waals surface area contributed by atoms with Gasteiger partial charge in [0.2, 0.25) is 5.91 Å². The average molecular weight is 310 g/mol. The third kappa shape index (κ3) is 3.78. The van der Waals surface area contributed by atoms with E-state index in [9.17, 15) is 4.79 Å². The van der Waals surface area contributed by atoms with Crippen molar-refractivity contribution >= 4 is 17.7 Å². The number of carbonyl (C=O) groups is 1. The van der Waals surface area contributed by atoms with Crippen molar-refractivity contribution < 1.29 is 4.79 Å². The normalized spacial score (nSPS) is 27.4. The zero-order chi connectivity index (χ0) is 15.6. The molecule has 1 aromatic heterocycles. The standard InChI is InChI=1S/C15H26N4OS/c1-9-7-6-8-13(10(9)2)16-14(20)11(3)21-15-18-17-12(4)19(15)5/h9-11,13H,6-8H2,1-5H3,(H,16,20)/t9-,10-,11+,13+/m0/s1. The molecule has 1 amide bonds. The van der Waals surface area contributed by atoms with Crippen molar-refractivity contribution in [2.75, 3.05) is 0 Å². The molecule has 21 heavy (non-hydrogen) atoms. The minimum Gasteiger partial charge on any atom is -0.352 e. The first kappa shape index (κ1) is 16.3. The maximum absolute atomic E-state index is 12.4. The van der Waals surface area contributed by atoms with Crippen LogP contribution < -0.4 is 5.32 Å². The predicted molar refractivity (Wildman–Crippen MR) is 85.2 cm³/mol. The van der Waals surface area contributed by atoms with Crippen molar-refractivity contribution in [2.24, 2.45) is 18.9 Å². The summed E-state index contributed by atoms with van der Waals surface area (Å²) >= 11 is 1.47. The van der Waals surface area contributed by atoms with E-state index in [1.54, 1.807) is 0 Å². The van der Waals surface area contributed by atoms with Crippen LogP contribution in [0, 0.1) is 18.8 Å². The molecule has 1 aliphatic rings. The molecule has 5 nitrogen and oxygen atoms in total. The van der Waals surface area contributed by atoms with E-state index in [2.05, 4.69) is 29.4 Å². The molecule has 1 fully saturated rings. The minimum absolute atomic E-state index is 0.103. The Morgan fingerprint density at radius 1 is 1.38 bits per heavy atom. The molecule has 1 aliphatic carbocycles. The van der Waals surface area contributed by atoms with Gasteiger partial charge in [0.15, 0.2) is 5.16 Å². The van der Waals surface area contributed by atoms with Crippen molar-refractivity contribution in [1.82, 2.24) is 20.1 Å². The predicted octanol–water partition coefficient (Wildman–Crippen LogP) is 2.55. The monoisotopic (exact) mass is 310 g/mol. The molecule has 1 aromatic rings. The Bertz CT molecular complexity index is 502. The Balaban J connectivity index is 1.92. The highest BCUT2D eigenvalue weighted by Gasteiger charge is 2.29. The van der Waals surface area contributed by atoms with Crippen LogP contribution in [0.2, 0.25) is 0 Å². The van der Waals surface area contributed by atoms with Crippen molar-refractivity contribution in [1.29, 1.82) is 0 Å². The number of aromatic nitrogens is 3. The van der Waals surface area contributed by atoms with E-state index < -0.39 is 0 Å². The van der Waals surface area contributed by atoms with Gasteiger partial charge in [-0.1, -0.05) is 38.5 Å². The smallest absolute Gasteiger partial charge is 0.233 e. The first-order valence-corrected chi connectivity index (χ1v) is 8.61. The fourth-order valence-electron chi connectivity index (χ4n) is 2.79. The van der Waals surface area contributed by atoms with Crippen molar-refractivity contribution in [2.45, 2.75) is 63.4 Å². The Kier molecular flexibility index (Phi) is 5.30. The highest BCUT2D eigenvalue weighted by atomic mass is 32.2. The van der Waals surface area contributed by atoms with Gasteiger partial charge in [-0.15, -0.1) is 10.2 Å². The fraction of sp³-hybridized carbons (Fsp3) is 0.800. The van der Waals surface area contributed by atoms with E-state index in [0.29, 0.717) is 17.9 Å². The summed E-state index contributed by atoms with van der Waals surface area (Å²) in [5, 5.41) is 12.0. The number of hydrogen-bond acceptors (Lipinski definition) is 4. The molecule has 118 valence electrons. The molecule has 0 bridgehead atoms. The van der Waals surface area contributed by atoms with Gasteiger partial charge >= 0.3 is 0 Å². The van der Waals surface area contributed by atoms with Gasteiger partial charge in [-0.05, 0) is 32.1 Å². The molecule has 1 N–H and O–H groups in total. The van der Waals surface area contributed by atoms with E-state index in [0.717, 1.165) is 17.4 Å². The summed E-state index contributed by atoms with van der Waals surface area (Å²) in [5.74, 6) is 2.21. The van der Waals surface area contributed by atoms with E-state index in [4.69, 9.17) is 0 Å². The van der Waals surface area contributed by atoms with Crippen LogP contribution in [0.1, 0.15) is 45.9 Å². The SMILES string of the molecule is Cc1nnc(S[C@H](C)C(=O)N[C@@H]2CCC[C@H](C)[C@@H]2C)n1C. The van der Waals surface area contributed by atoms with Gasteiger partial charge in [-0.3, -0.25) is 4.79 Å². The van der Waals surface area contributed by atoms with E-state index in [1.165, 1.54) is 24.6 Å². The molecule has 1 heterocycles. The quantitative estimate of drug-likeness (QED) is 0.868. The van der Waals surface area contributed by atoms with Crippen LogP contribution in [0.4, 0.5) is 0 Å². The number of amides is 1. The summed E-state index contributed by atoms with van der Waals surface area (Å²) < 4.78 is 1.92. The number of nitrogens with one attached hydrogen (secondary N) is 1. The van der Waals surface area contributed by atoms with Gasteiger partial charge in [0.05, 0.1) is 5.25 Å². The molecule has 0 unspecified atom stereocenters.